The Kier molecular flexibility index (Phi) is 4.15. The van der Waals surface area contributed by atoms with Crippen LogP contribution < -0.4 is 5.32 Å². The van der Waals surface area contributed by atoms with Crippen LogP contribution in [0.3, 0.4) is 0 Å². The highest BCUT2D eigenvalue weighted by atomic mass is 32.1. The van der Waals surface area contributed by atoms with Crippen LogP contribution in [0.25, 0.3) is 0 Å². The zero-order valence-corrected chi connectivity index (χ0v) is 11.0. The Morgan fingerprint density at radius 2 is 2.39 bits per heavy atom. The molecule has 4 nitrogen and oxygen atoms in total. The topological polar surface area (TPSA) is 49.4 Å². The van der Waals surface area contributed by atoms with E-state index in [0.29, 0.717) is 19.5 Å². The molecule has 96 valence electrons. The van der Waals surface area contributed by atoms with E-state index in [9.17, 15) is 9.59 Å². The van der Waals surface area contributed by atoms with Gasteiger partial charge in [0.15, 0.2) is 0 Å². The molecule has 0 saturated heterocycles. The zero-order valence-electron chi connectivity index (χ0n) is 10.1. The van der Waals surface area contributed by atoms with Gasteiger partial charge in [0.25, 0.3) is 0 Å². The zero-order chi connectivity index (χ0) is 13.0. The molecule has 0 bridgehead atoms. The van der Waals surface area contributed by atoms with Crippen LogP contribution in [0.1, 0.15) is 16.9 Å². The third-order valence-electron chi connectivity index (χ3n) is 2.98. The fraction of sp³-hybridized carbons (Fsp3) is 0.385. The molecule has 0 fully saturated rings. The van der Waals surface area contributed by atoms with Crippen molar-refractivity contribution in [2.24, 2.45) is 0 Å². The highest BCUT2D eigenvalue weighted by molar-refractivity contribution is 7.10. The summed E-state index contributed by atoms with van der Waals surface area (Å²) in [6.07, 6.45) is 2.50. The normalized spacial score (nSPS) is 13.9. The van der Waals surface area contributed by atoms with Crippen LogP contribution in [0.15, 0.2) is 24.1 Å². The van der Waals surface area contributed by atoms with Gasteiger partial charge in [0.2, 0.25) is 11.8 Å². The first-order chi connectivity index (χ1) is 8.70. The van der Waals surface area contributed by atoms with Gasteiger partial charge in [-0.1, -0.05) is 6.58 Å². The minimum Gasteiger partial charge on any atom is -0.352 e. The summed E-state index contributed by atoms with van der Waals surface area (Å²) in [5.41, 5.74) is 1.26. The third-order valence-corrected chi connectivity index (χ3v) is 4.01. The lowest BCUT2D eigenvalue weighted by molar-refractivity contribution is -0.132. The van der Waals surface area contributed by atoms with E-state index in [1.807, 2.05) is 4.90 Å². The lowest BCUT2D eigenvalue weighted by Crippen LogP contribution is -2.37. The third kappa shape index (κ3) is 2.98. The van der Waals surface area contributed by atoms with Gasteiger partial charge in [0.1, 0.15) is 0 Å². The van der Waals surface area contributed by atoms with Gasteiger partial charge >= 0.3 is 0 Å². The molecule has 1 aromatic rings. The molecule has 1 aliphatic rings. The van der Waals surface area contributed by atoms with Crippen LogP contribution in [0.4, 0.5) is 0 Å². The van der Waals surface area contributed by atoms with E-state index in [-0.39, 0.29) is 11.8 Å². The summed E-state index contributed by atoms with van der Waals surface area (Å²) in [7, 11) is 0. The number of carbonyl (C=O) groups is 2. The SMILES string of the molecule is C=CC(=O)NCCC(=O)N1CCc2sccc2C1. The minimum absolute atomic E-state index is 0.0937. The van der Waals surface area contributed by atoms with Crippen LogP contribution in [-0.4, -0.2) is 29.8 Å². The number of rotatable bonds is 4. The van der Waals surface area contributed by atoms with E-state index in [0.717, 1.165) is 13.0 Å². The molecule has 0 atom stereocenters. The standard InChI is InChI=1S/C13H16N2O2S/c1-2-12(16)14-6-3-13(17)15-7-4-11-10(9-15)5-8-18-11/h2,5,8H,1,3-4,6-7,9H2,(H,14,16). The molecule has 0 radical (unpaired) electrons. The maximum atomic E-state index is 12.0. The van der Waals surface area contributed by atoms with Crippen LogP contribution in [0.2, 0.25) is 0 Å². The summed E-state index contributed by atoms with van der Waals surface area (Å²) in [5.74, 6) is -0.141. The Bertz CT molecular complexity index is 467. The van der Waals surface area contributed by atoms with E-state index in [2.05, 4.69) is 23.3 Å². The molecule has 2 heterocycles. The summed E-state index contributed by atoms with van der Waals surface area (Å²) in [6.45, 7) is 5.21. The highest BCUT2D eigenvalue weighted by Crippen LogP contribution is 2.24. The van der Waals surface area contributed by atoms with Gasteiger partial charge in [-0.15, -0.1) is 11.3 Å². The van der Waals surface area contributed by atoms with Crippen molar-refractivity contribution in [1.82, 2.24) is 10.2 Å². The predicted octanol–water partition coefficient (Wildman–Crippen LogP) is 1.33. The number of thiophene rings is 1. The number of hydrogen-bond acceptors (Lipinski definition) is 3. The molecule has 0 spiro atoms. The molecule has 2 rings (SSSR count). The maximum Gasteiger partial charge on any atom is 0.243 e. The first-order valence-electron chi connectivity index (χ1n) is 5.94. The molecule has 2 amide bonds. The average molecular weight is 264 g/mol. The monoisotopic (exact) mass is 264 g/mol. The number of nitrogens with one attached hydrogen (secondary N) is 1. The van der Waals surface area contributed by atoms with Crippen molar-refractivity contribution in [1.29, 1.82) is 0 Å². The van der Waals surface area contributed by atoms with Gasteiger partial charge in [-0.25, -0.2) is 0 Å². The predicted molar refractivity (Wildman–Crippen MR) is 71.3 cm³/mol. The van der Waals surface area contributed by atoms with Gasteiger partial charge in [0.05, 0.1) is 0 Å². The fourth-order valence-corrected chi connectivity index (χ4v) is 2.87. The second kappa shape index (κ2) is 5.82. The highest BCUT2D eigenvalue weighted by Gasteiger charge is 2.20. The maximum absolute atomic E-state index is 12.0. The lowest BCUT2D eigenvalue weighted by atomic mass is 10.1. The van der Waals surface area contributed by atoms with Crippen LogP contribution >= 0.6 is 11.3 Å². The van der Waals surface area contributed by atoms with Crippen molar-refractivity contribution in [2.45, 2.75) is 19.4 Å². The van der Waals surface area contributed by atoms with Crippen LogP contribution in [0, 0.1) is 0 Å². The van der Waals surface area contributed by atoms with Crippen molar-refractivity contribution in [2.75, 3.05) is 13.1 Å². The number of carbonyl (C=O) groups excluding carboxylic acids is 2. The molecule has 1 N–H and O–H groups in total. The Balaban J connectivity index is 1.81. The quantitative estimate of drug-likeness (QED) is 0.834. The summed E-state index contributed by atoms with van der Waals surface area (Å²) >= 11 is 1.76. The Morgan fingerprint density at radius 1 is 1.56 bits per heavy atom. The van der Waals surface area contributed by atoms with E-state index >= 15 is 0 Å². The summed E-state index contributed by atoms with van der Waals surface area (Å²) in [5, 5.41) is 4.69. The summed E-state index contributed by atoms with van der Waals surface area (Å²) in [6, 6.07) is 2.08. The van der Waals surface area contributed by atoms with Crippen LogP contribution in [-0.2, 0) is 22.6 Å². The van der Waals surface area contributed by atoms with E-state index in [1.54, 1.807) is 11.3 Å². The van der Waals surface area contributed by atoms with Crippen molar-refractivity contribution in [3.05, 3.63) is 34.5 Å². The van der Waals surface area contributed by atoms with Gasteiger partial charge in [0, 0.05) is 30.9 Å². The molecule has 0 unspecified atom stereocenters. The largest absolute Gasteiger partial charge is 0.352 e. The van der Waals surface area contributed by atoms with Crippen molar-refractivity contribution in [3.63, 3.8) is 0 Å². The van der Waals surface area contributed by atoms with Crippen molar-refractivity contribution >= 4 is 23.2 Å². The lowest BCUT2D eigenvalue weighted by Gasteiger charge is -2.27. The van der Waals surface area contributed by atoms with E-state index < -0.39 is 0 Å². The molecule has 1 aliphatic heterocycles. The second-order valence-corrected chi connectivity index (χ2v) is 5.18. The first kappa shape index (κ1) is 12.8. The molecule has 0 aromatic carbocycles. The minimum atomic E-state index is -0.235. The van der Waals surface area contributed by atoms with E-state index in [1.165, 1.54) is 16.5 Å². The second-order valence-electron chi connectivity index (χ2n) is 4.18. The molecular formula is C13H16N2O2S. The van der Waals surface area contributed by atoms with Gasteiger partial charge in [-0.05, 0) is 29.5 Å². The smallest absolute Gasteiger partial charge is 0.243 e. The molecule has 0 aliphatic carbocycles. The Morgan fingerprint density at radius 3 is 3.17 bits per heavy atom. The van der Waals surface area contributed by atoms with Gasteiger partial charge < -0.3 is 10.2 Å². The van der Waals surface area contributed by atoms with Crippen molar-refractivity contribution < 1.29 is 9.59 Å². The summed E-state index contributed by atoms with van der Waals surface area (Å²) < 4.78 is 0. The molecule has 1 aromatic heterocycles. The average Bonchev–Trinajstić information content (AvgIpc) is 2.85. The van der Waals surface area contributed by atoms with Gasteiger partial charge in [-0.2, -0.15) is 0 Å². The number of amides is 2. The molecule has 0 saturated carbocycles. The molecule has 18 heavy (non-hydrogen) atoms. The van der Waals surface area contributed by atoms with E-state index in [4.69, 9.17) is 0 Å². The number of nitrogens with zero attached hydrogens (tertiary/aromatic N) is 1. The molecular weight excluding hydrogens is 248 g/mol. The van der Waals surface area contributed by atoms with Gasteiger partial charge in [-0.3, -0.25) is 9.59 Å². The molecule has 5 heteroatoms. The summed E-state index contributed by atoms with van der Waals surface area (Å²) in [4.78, 5) is 26.1. The number of hydrogen-bond donors (Lipinski definition) is 1. The fourth-order valence-electron chi connectivity index (χ4n) is 1.98. The first-order valence-corrected chi connectivity index (χ1v) is 6.82. The Labute approximate surface area is 110 Å². The van der Waals surface area contributed by atoms with Crippen LogP contribution in [0.5, 0.6) is 0 Å². The Hall–Kier alpha value is -1.62. The van der Waals surface area contributed by atoms with Crippen molar-refractivity contribution in [3.8, 4) is 0 Å². The number of fused-ring (bicyclic) bond motifs is 1.